The first-order valence-corrected chi connectivity index (χ1v) is 9.28. The molecule has 3 rings (SSSR count). The van der Waals surface area contributed by atoms with Gasteiger partial charge in [-0.3, -0.25) is 0 Å². The van der Waals surface area contributed by atoms with Crippen molar-refractivity contribution in [2.45, 2.75) is 6.42 Å². The Morgan fingerprint density at radius 2 is 1.28 bits per heavy atom. The van der Waals surface area contributed by atoms with Crippen LogP contribution in [0.4, 0.5) is 25.2 Å². The van der Waals surface area contributed by atoms with Crippen LogP contribution in [-0.4, -0.2) is 0 Å². The summed E-state index contributed by atoms with van der Waals surface area (Å²) in [6, 6.07) is 19.2. The quantitative estimate of drug-likeness (QED) is 0.267. The van der Waals surface area contributed by atoms with Crippen molar-refractivity contribution in [3.05, 3.63) is 78.1 Å². The molecule has 0 unspecified atom stereocenters. The Morgan fingerprint density at radius 1 is 0.760 bits per heavy atom. The van der Waals surface area contributed by atoms with E-state index in [1.165, 1.54) is 21.9 Å². The first-order valence-electron chi connectivity index (χ1n) is 7.25. The van der Waals surface area contributed by atoms with Crippen molar-refractivity contribution in [2.75, 3.05) is 0 Å². The molecule has 136 valence electrons. The normalized spacial score (nSPS) is 14.2. The number of hydrogen-bond donors (Lipinski definition) is 0. The van der Waals surface area contributed by atoms with Crippen LogP contribution >= 0.6 is 7.81 Å². The van der Waals surface area contributed by atoms with Gasteiger partial charge in [-0.25, -0.2) is 4.57 Å². The van der Waals surface area contributed by atoms with Gasteiger partial charge >= 0.3 is 33.0 Å². The third-order valence-corrected chi connectivity index (χ3v) is 3.25. The van der Waals surface area contributed by atoms with Gasteiger partial charge < -0.3 is 0 Å². The fourth-order valence-corrected chi connectivity index (χ4v) is 2.43. The molecule has 0 amide bonds. The molecule has 2 aromatic carbocycles. The first-order chi connectivity index (χ1) is 11.3. The molecule has 0 fully saturated rings. The standard InChI is InChI=1S/C17H16N.F6P/c1-18-12-15-9-5-6-10-17(15)16(13-18)11-14-7-3-2-4-8-14;1-7(2,3,4,5)6/h2-10,12-13H,11H2,1H3;/q+1;-1. The van der Waals surface area contributed by atoms with Crippen LogP contribution in [-0.2, 0) is 13.5 Å². The number of fused-ring (bicyclic) bond motifs is 1. The molecule has 0 aliphatic heterocycles. The van der Waals surface area contributed by atoms with Crippen molar-refractivity contribution in [3.8, 4) is 0 Å². The van der Waals surface area contributed by atoms with Gasteiger partial charge in [0, 0.05) is 17.4 Å². The first kappa shape index (κ1) is 19.2. The SMILES string of the molecule is C[n+]1cc(Cc2ccccc2)c2ccccc2c1.F[P-](F)(F)(F)(F)F. The van der Waals surface area contributed by atoms with E-state index < -0.39 is 7.81 Å². The maximum atomic E-state index is 9.87. The van der Waals surface area contributed by atoms with Gasteiger partial charge in [0.15, 0.2) is 12.4 Å². The molecule has 0 saturated heterocycles. The van der Waals surface area contributed by atoms with Crippen molar-refractivity contribution >= 4 is 18.6 Å². The molecule has 0 saturated carbocycles. The van der Waals surface area contributed by atoms with Gasteiger partial charge in [-0.15, -0.1) is 0 Å². The van der Waals surface area contributed by atoms with Gasteiger partial charge in [0.2, 0.25) is 0 Å². The van der Waals surface area contributed by atoms with Crippen LogP contribution in [0.25, 0.3) is 10.8 Å². The molecule has 0 spiro atoms. The van der Waals surface area contributed by atoms with Crippen LogP contribution < -0.4 is 4.57 Å². The summed E-state index contributed by atoms with van der Waals surface area (Å²) < 4.78 is 61.3. The molecule has 25 heavy (non-hydrogen) atoms. The number of aromatic nitrogens is 1. The van der Waals surface area contributed by atoms with Crippen LogP contribution in [0, 0.1) is 0 Å². The van der Waals surface area contributed by atoms with E-state index in [2.05, 4.69) is 78.6 Å². The molecule has 0 aliphatic carbocycles. The third-order valence-electron chi connectivity index (χ3n) is 3.25. The Bertz CT molecular complexity index is 865. The minimum atomic E-state index is -10.7. The Balaban J connectivity index is 0.000000277. The predicted octanol–water partition coefficient (Wildman–Crippen LogP) is 6.64. The van der Waals surface area contributed by atoms with Crippen molar-refractivity contribution < 1.29 is 29.7 Å². The zero-order chi connectivity index (χ0) is 18.8. The molecule has 1 heterocycles. The Kier molecular flexibility index (Phi) is 4.60. The molecule has 0 atom stereocenters. The second kappa shape index (κ2) is 5.99. The molecule has 3 aromatic rings. The predicted molar refractivity (Wildman–Crippen MR) is 87.9 cm³/mol. The third kappa shape index (κ3) is 7.98. The average Bonchev–Trinajstić information content (AvgIpc) is 2.45. The number of nitrogens with zero attached hydrogens (tertiary/aromatic N) is 1. The van der Waals surface area contributed by atoms with Gasteiger partial charge in [0.05, 0.1) is 0 Å². The topological polar surface area (TPSA) is 3.88 Å². The number of benzene rings is 2. The number of aryl methyl sites for hydroxylation is 1. The van der Waals surface area contributed by atoms with E-state index in [0.29, 0.717) is 0 Å². The Hall–Kier alpha value is -2.14. The van der Waals surface area contributed by atoms with E-state index in [-0.39, 0.29) is 0 Å². The van der Waals surface area contributed by atoms with E-state index >= 15 is 0 Å². The summed E-state index contributed by atoms with van der Waals surface area (Å²) in [6.45, 7) is 0. The summed E-state index contributed by atoms with van der Waals surface area (Å²) in [6.07, 6.45) is 5.37. The van der Waals surface area contributed by atoms with Gasteiger partial charge in [0.1, 0.15) is 7.05 Å². The van der Waals surface area contributed by atoms with Crippen LogP contribution in [0.2, 0.25) is 0 Å². The van der Waals surface area contributed by atoms with Gasteiger partial charge in [0.25, 0.3) is 0 Å². The number of hydrogen-bond acceptors (Lipinski definition) is 0. The van der Waals surface area contributed by atoms with Gasteiger partial charge in [-0.2, -0.15) is 0 Å². The summed E-state index contributed by atoms with van der Waals surface area (Å²) >= 11 is 0. The Labute approximate surface area is 140 Å². The van der Waals surface area contributed by atoms with E-state index in [1.807, 2.05) is 0 Å². The molecule has 0 N–H and O–H groups in total. The van der Waals surface area contributed by atoms with Gasteiger partial charge in [-0.05, 0) is 17.0 Å². The molecule has 1 aromatic heterocycles. The monoisotopic (exact) mass is 379 g/mol. The molecular weight excluding hydrogens is 363 g/mol. The zero-order valence-electron chi connectivity index (χ0n) is 13.2. The van der Waals surface area contributed by atoms with Crippen molar-refractivity contribution in [1.29, 1.82) is 0 Å². The molecule has 1 nitrogen and oxygen atoms in total. The second-order valence-electron chi connectivity index (χ2n) is 5.66. The van der Waals surface area contributed by atoms with Crippen LogP contribution in [0.5, 0.6) is 0 Å². The van der Waals surface area contributed by atoms with E-state index in [1.54, 1.807) is 0 Å². The molecular formula is C17H16F6NP. The van der Waals surface area contributed by atoms with Crippen molar-refractivity contribution in [1.82, 2.24) is 0 Å². The molecule has 0 bridgehead atoms. The summed E-state index contributed by atoms with van der Waals surface area (Å²) in [5, 5.41) is 2.65. The van der Waals surface area contributed by atoms with E-state index in [9.17, 15) is 25.2 Å². The van der Waals surface area contributed by atoms with Crippen molar-refractivity contribution in [2.24, 2.45) is 7.05 Å². The summed E-state index contributed by atoms with van der Waals surface area (Å²) in [5.74, 6) is 0. The molecule has 0 aliphatic rings. The minimum absolute atomic E-state index is 0.982. The molecule has 8 heteroatoms. The van der Waals surface area contributed by atoms with Crippen molar-refractivity contribution in [3.63, 3.8) is 0 Å². The fraction of sp³-hybridized carbons (Fsp3) is 0.118. The average molecular weight is 379 g/mol. The van der Waals surface area contributed by atoms with Crippen LogP contribution in [0.1, 0.15) is 11.1 Å². The fourth-order valence-electron chi connectivity index (χ4n) is 2.43. The summed E-state index contributed by atoms with van der Waals surface area (Å²) in [4.78, 5) is 0. The maximum absolute atomic E-state index is 10.7. The Morgan fingerprint density at radius 3 is 1.88 bits per heavy atom. The summed E-state index contributed by atoms with van der Waals surface area (Å²) in [5.41, 5.74) is 2.73. The van der Waals surface area contributed by atoms with Gasteiger partial charge in [-0.1, -0.05) is 48.5 Å². The zero-order valence-corrected chi connectivity index (χ0v) is 14.1. The number of pyridine rings is 1. The van der Waals surface area contributed by atoms with E-state index in [4.69, 9.17) is 0 Å². The molecule has 0 radical (unpaired) electrons. The van der Waals surface area contributed by atoms with Crippen LogP contribution in [0.3, 0.4) is 0 Å². The second-order valence-corrected chi connectivity index (χ2v) is 7.57. The number of rotatable bonds is 2. The number of halogens is 6. The van der Waals surface area contributed by atoms with E-state index in [0.717, 1.165) is 6.42 Å². The summed E-state index contributed by atoms with van der Waals surface area (Å²) in [7, 11) is -8.57. The van der Waals surface area contributed by atoms with Crippen LogP contribution in [0.15, 0.2) is 67.0 Å².